The van der Waals surface area contributed by atoms with E-state index in [-0.39, 0.29) is 0 Å². The van der Waals surface area contributed by atoms with Crippen LogP contribution in [-0.2, 0) is 9.53 Å². The van der Waals surface area contributed by atoms with E-state index in [1.807, 2.05) is 0 Å². The molecule has 1 rings (SSSR count). The third-order valence-electron chi connectivity index (χ3n) is 2.18. The van der Waals surface area contributed by atoms with Crippen LogP contribution in [0.4, 0.5) is 0 Å². The molecule has 3 heteroatoms. The van der Waals surface area contributed by atoms with E-state index in [9.17, 15) is 4.79 Å². The lowest BCUT2D eigenvalue weighted by molar-refractivity contribution is -0.154. The standard InChI is InChI=1S/C10H16O3/c1-8(11)10(12)13-7-9-5-3-2-4-6-9/h2-3,8-9,11H,4-7H2,1H3/t8-,9+/m0/s1. The summed E-state index contributed by atoms with van der Waals surface area (Å²) in [5.74, 6) is -0.0812. The molecule has 1 aliphatic carbocycles. The summed E-state index contributed by atoms with van der Waals surface area (Å²) in [6, 6.07) is 0. The lowest BCUT2D eigenvalue weighted by atomic mass is 9.95. The van der Waals surface area contributed by atoms with E-state index in [1.54, 1.807) is 0 Å². The van der Waals surface area contributed by atoms with Gasteiger partial charge >= 0.3 is 5.97 Å². The van der Waals surface area contributed by atoms with Crippen molar-refractivity contribution in [1.82, 2.24) is 0 Å². The summed E-state index contributed by atoms with van der Waals surface area (Å²) in [6.45, 7) is 1.86. The molecule has 0 bridgehead atoms. The van der Waals surface area contributed by atoms with Gasteiger partial charge in [0.2, 0.25) is 0 Å². The van der Waals surface area contributed by atoms with Crippen LogP contribution >= 0.6 is 0 Å². The molecule has 0 amide bonds. The monoisotopic (exact) mass is 184 g/mol. The second-order valence-electron chi connectivity index (χ2n) is 3.46. The smallest absolute Gasteiger partial charge is 0.334 e. The van der Waals surface area contributed by atoms with Crippen molar-refractivity contribution in [2.45, 2.75) is 32.3 Å². The first-order valence-electron chi connectivity index (χ1n) is 4.70. The summed E-state index contributed by atoms with van der Waals surface area (Å²) < 4.78 is 4.92. The van der Waals surface area contributed by atoms with Crippen molar-refractivity contribution in [3.63, 3.8) is 0 Å². The minimum absolute atomic E-state index is 0.438. The van der Waals surface area contributed by atoms with Crippen LogP contribution in [0.3, 0.4) is 0 Å². The molecule has 0 aliphatic heterocycles. The molecule has 0 radical (unpaired) electrons. The van der Waals surface area contributed by atoms with Crippen molar-refractivity contribution in [3.8, 4) is 0 Å². The Hall–Kier alpha value is -0.830. The zero-order chi connectivity index (χ0) is 9.68. The molecule has 3 nitrogen and oxygen atoms in total. The van der Waals surface area contributed by atoms with Crippen molar-refractivity contribution in [2.75, 3.05) is 6.61 Å². The van der Waals surface area contributed by atoms with Crippen molar-refractivity contribution in [2.24, 2.45) is 5.92 Å². The van der Waals surface area contributed by atoms with E-state index >= 15 is 0 Å². The van der Waals surface area contributed by atoms with Gasteiger partial charge in [0.25, 0.3) is 0 Å². The maximum absolute atomic E-state index is 10.9. The minimum atomic E-state index is -1.00. The second kappa shape index (κ2) is 5.02. The van der Waals surface area contributed by atoms with Crippen molar-refractivity contribution in [1.29, 1.82) is 0 Å². The molecule has 0 saturated carbocycles. The second-order valence-corrected chi connectivity index (χ2v) is 3.46. The van der Waals surface area contributed by atoms with Crippen molar-refractivity contribution >= 4 is 5.97 Å². The van der Waals surface area contributed by atoms with E-state index in [0.29, 0.717) is 12.5 Å². The summed E-state index contributed by atoms with van der Waals surface area (Å²) in [7, 11) is 0. The highest BCUT2D eigenvalue weighted by molar-refractivity contribution is 5.73. The van der Waals surface area contributed by atoms with Crippen LogP contribution in [0.1, 0.15) is 26.2 Å². The molecule has 0 heterocycles. The van der Waals surface area contributed by atoms with Crippen LogP contribution in [0.2, 0.25) is 0 Å². The Morgan fingerprint density at radius 3 is 3.00 bits per heavy atom. The quantitative estimate of drug-likeness (QED) is 0.530. The maximum atomic E-state index is 10.9. The highest BCUT2D eigenvalue weighted by Gasteiger charge is 2.15. The third-order valence-corrected chi connectivity index (χ3v) is 2.18. The number of allylic oxidation sites excluding steroid dienone is 2. The average molecular weight is 184 g/mol. The van der Waals surface area contributed by atoms with E-state index in [4.69, 9.17) is 9.84 Å². The predicted molar refractivity (Wildman–Crippen MR) is 49.1 cm³/mol. The van der Waals surface area contributed by atoms with Gasteiger partial charge in [-0.3, -0.25) is 0 Å². The highest BCUT2D eigenvalue weighted by atomic mass is 16.5. The van der Waals surface area contributed by atoms with Crippen LogP contribution in [0.15, 0.2) is 12.2 Å². The summed E-state index contributed by atoms with van der Waals surface area (Å²) in [6.07, 6.45) is 6.38. The molecule has 74 valence electrons. The van der Waals surface area contributed by atoms with Crippen LogP contribution < -0.4 is 0 Å². The molecule has 0 aromatic rings. The molecule has 2 atom stereocenters. The number of hydrogen-bond acceptors (Lipinski definition) is 3. The Labute approximate surface area is 78.4 Å². The number of aliphatic hydroxyl groups excluding tert-OH is 1. The summed E-state index contributed by atoms with van der Waals surface area (Å²) in [5, 5.41) is 8.86. The van der Waals surface area contributed by atoms with Gasteiger partial charge in [0.1, 0.15) is 6.10 Å². The number of ether oxygens (including phenoxy) is 1. The molecular weight excluding hydrogens is 168 g/mol. The predicted octanol–water partition coefficient (Wildman–Crippen LogP) is 1.27. The molecular formula is C10H16O3. The van der Waals surface area contributed by atoms with Crippen LogP contribution in [0.5, 0.6) is 0 Å². The molecule has 0 unspecified atom stereocenters. The van der Waals surface area contributed by atoms with Gasteiger partial charge in [0.05, 0.1) is 6.61 Å². The van der Waals surface area contributed by atoms with Crippen LogP contribution in [-0.4, -0.2) is 23.8 Å². The number of hydrogen-bond donors (Lipinski definition) is 1. The number of carbonyl (C=O) groups is 1. The fourth-order valence-corrected chi connectivity index (χ4v) is 1.33. The van der Waals surface area contributed by atoms with E-state index in [2.05, 4.69) is 12.2 Å². The van der Waals surface area contributed by atoms with Gasteiger partial charge in [-0.1, -0.05) is 12.2 Å². The average Bonchev–Trinajstić information content (AvgIpc) is 2.15. The minimum Gasteiger partial charge on any atom is -0.463 e. The fourth-order valence-electron chi connectivity index (χ4n) is 1.33. The van der Waals surface area contributed by atoms with Gasteiger partial charge in [-0.25, -0.2) is 4.79 Å². The lowest BCUT2D eigenvalue weighted by Gasteiger charge is -2.17. The number of aliphatic hydroxyl groups is 1. The molecule has 0 saturated heterocycles. The number of carbonyl (C=O) groups excluding carboxylic acids is 1. The zero-order valence-corrected chi connectivity index (χ0v) is 7.90. The van der Waals surface area contributed by atoms with Gasteiger partial charge < -0.3 is 9.84 Å². The van der Waals surface area contributed by atoms with Crippen molar-refractivity contribution < 1.29 is 14.6 Å². The molecule has 0 spiro atoms. The Bertz CT molecular complexity index is 196. The summed E-state index contributed by atoms with van der Waals surface area (Å²) in [5.41, 5.74) is 0. The first kappa shape index (κ1) is 10.3. The SMILES string of the molecule is C[C@H](O)C(=O)OC[C@@H]1CC=CCC1. The Morgan fingerprint density at radius 1 is 1.69 bits per heavy atom. The van der Waals surface area contributed by atoms with Gasteiger partial charge in [-0.05, 0) is 32.1 Å². The summed E-state index contributed by atoms with van der Waals surface area (Å²) >= 11 is 0. The fraction of sp³-hybridized carbons (Fsp3) is 0.700. The van der Waals surface area contributed by atoms with E-state index in [0.717, 1.165) is 19.3 Å². The lowest BCUT2D eigenvalue weighted by Crippen LogP contribution is -2.23. The molecule has 0 aromatic carbocycles. The van der Waals surface area contributed by atoms with Crippen molar-refractivity contribution in [3.05, 3.63) is 12.2 Å². The Kier molecular flexibility index (Phi) is 3.96. The molecule has 1 N–H and O–H groups in total. The molecule has 1 aliphatic rings. The van der Waals surface area contributed by atoms with E-state index < -0.39 is 12.1 Å². The number of rotatable bonds is 3. The third kappa shape index (κ3) is 3.59. The van der Waals surface area contributed by atoms with Crippen LogP contribution in [0, 0.1) is 5.92 Å². The molecule has 0 fully saturated rings. The summed E-state index contributed by atoms with van der Waals surface area (Å²) in [4.78, 5) is 10.9. The Morgan fingerprint density at radius 2 is 2.46 bits per heavy atom. The van der Waals surface area contributed by atoms with Gasteiger partial charge in [0, 0.05) is 0 Å². The number of esters is 1. The Balaban J connectivity index is 2.18. The van der Waals surface area contributed by atoms with Gasteiger partial charge in [0.15, 0.2) is 0 Å². The van der Waals surface area contributed by atoms with Gasteiger partial charge in [-0.15, -0.1) is 0 Å². The maximum Gasteiger partial charge on any atom is 0.334 e. The topological polar surface area (TPSA) is 46.5 Å². The molecule has 0 aromatic heterocycles. The van der Waals surface area contributed by atoms with Crippen LogP contribution in [0.25, 0.3) is 0 Å². The zero-order valence-electron chi connectivity index (χ0n) is 7.90. The first-order valence-corrected chi connectivity index (χ1v) is 4.70. The van der Waals surface area contributed by atoms with Gasteiger partial charge in [-0.2, -0.15) is 0 Å². The van der Waals surface area contributed by atoms with E-state index in [1.165, 1.54) is 6.92 Å². The first-order chi connectivity index (χ1) is 6.20. The highest BCUT2D eigenvalue weighted by Crippen LogP contribution is 2.18. The largest absolute Gasteiger partial charge is 0.463 e. The molecule has 13 heavy (non-hydrogen) atoms. The normalized spacial score (nSPS) is 24.0.